The van der Waals surface area contributed by atoms with Gasteiger partial charge in [-0.15, -0.1) is 13.2 Å². The van der Waals surface area contributed by atoms with Crippen LogP contribution in [0, 0.1) is 11.8 Å². The summed E-state index contributed by atoms with van der Waals surface area (Å²) < 4.78 is 45.1. The Morgan fingerprint density at radius 3 is 1.58 bits per heavy atom. The second-order valence-corrected chi connectivity index (χ2v) is 10.9. The molecule has 8 atom stereocenters. The summed E-state index contributed by atoms with van der Waals surface area (Å²) in [6.07, 6.45) is -1.34. The van der Waals surface area contributed by atoms with Gasteiger partial charge in [-0.3, -0.25) is 0 Å². The number of rotatable bonds is 16. The zero-order valence-corrected chi connectivity index (χ0v) is 25.9. The van der Waals surface area contributed by atoms with Crippen LogP contribution in [0.2, 0.25) is 0 Å². The van der Waals surface area contributed by atoms with Crippen molar-refractivity contribution in [2.24, 2.45) is 11.8 Å². The molecule has 0 heterocycles. The average Bonchev–Trinajstić information content (AvgIpc) is 2.99. The summed E-state index contributed by atoms with van der Waals surface area (Å²) in [5, 5.41) is 20.0. The van der Waals surface area contributed by atoms with Crippen LogP contribution in [0.3, 0.4) is 0 Å². The van der Waals surface area contributed by atoms with Gasteiger partial charge in [-0.05, 0) is 64.2 Å². The summed E-state index contributed by atoms with van der Waals surface area (Å²) in [5.74, 6) is 0.325. The van der Waals surface area contributed by atoms with Crippen LogP contribution in [0.15, 0.2) is 25.3 Å². The van der Waals surface area contributed by atoms with Crippen molar-refractivity contribution in [1.29, 1.82) is 0 Å². The Balaban J connectivity index is 1.46. The van der Waals surface area contributed by atoms with Crippen molar-refractivity contribution >= 4 is 24.6 Å². The number of aliphatic hydroxyl groups excluding tert-OH is 2. The molecule has 45 heavy (non-hydrogen) atoms. The number of ether oxygens (including phenoxy) is 9. The van der Waals surface area contributed by atoms with E-state index in [1.165, 1.54) is 0 Å². The van der Waals surface area contributed by atoms with E-state index in [4.69, 9.17) is 42.6 Å². The number of hydrogen-bond donors (Lipinski definition) is 2. The number of carbonyl (C=O) groups is 4. The summed E-state index contributed by atoms with van der Waals surface area (Å²) in [5.41, 5.74) is 0. The van der Waals surface area contributed by atoms with Gasteiger partial charge >= 0.3 is 24.6 Å². The Morgan fingerprint density at radius 2 is 1.09 bits per heavy atom. The van der Waals surface area contributed by atoms with E-state index in [0.717, 1.165) is 12.8 Å². The van der Waals surface area contributed by atoms with Crippen LogP contribution >= 0.6 is 0 Å². The summed E-state index contributed by atoms with van der Waals surface area (Å²) in [4.78, 5) is 47.3. The van der Waals surface area contributed by atoms with Crippen molar-refractivity contribution in [3.63, 3.8) is 0 Å². The van der Waals surface area contributed by atoms with Gasteiger partial charge in [0.25, 0.3) is 0 Å². The maximum atomic E-state index is 11.9. The molecule has 15 heteroatoms. The minimum absolute atomic E-state index is 0.0315. The predicted octanol–water partition coefficient (Wildman–Crippen LogP) is 3.82. The summed E-state index contributed by atoms with van der Waals surface area (Å²) >= 11 is 0. The standard InChI is InChI=1S/C30H46O15/c1-5-21-8-10-25(24(32)15-21)44-29(35)40-13-11-38-27(33)42-19(3)17-37-18-20(4)43-28(34)39-12-14-41-30(36)45-26-16-22(6-2)7-9-23(26)31/h5-6,19-26,31-32H,1-2,7-18H2,3-4H3. The molecule has 0 spiro atoms. The Kier molecular flexibility index (Phi) is 17.1. The van der Waals surface area contributed by atoms with Crippen LogP contribution in [0.25, 0.3) is 0 Å². The molecule has 2 aliphatic rings. The molecule has 0 saturated heterocycles. The second kappa shape index (κ2) is 20.5. The van der Waals surface area contributed by atoms with Crippen molar-refractivity contribution in [1.82, 2.24) is 0 Å². The maximum absolute atomic E-state index is 11.9. The molecule has 0 bridgehead atoms. The number of hydrogen-bond acceptors (Lipinski definition) is 15. The predicted molar refractivity (Wildman–Crippen MR) is 154 cm³/mol. The zero-order valence-electron chi connectivity index (χ0n) is 25.9. The third-order valence-corrected chi connectivity index (χ3v) is 7.10. The number of carbonyl (C=O) groups excluding carboxylic acids is 4. The Hall–Kier alpha value is -3.56. The molecule has 2 N–H and O–H groups in total. The molecule has 0 aliphatic heterocycles. The van der Waals surface area contributed by atoms with Gasteiger partial charge in [0.15, 0.2) is 0 Å². The van der Waals surface area contributed by atoms with Gasteiger partial charge in [0.1, 0.15) is 50.8 Å². The minimum atomic E-state index is -1.00. The molecule has 0 aromatic heterocycles. The Bertz CT molecular complexity index is 956. The van der Waals surface area contributed by atoms with Gasteiger partial charge < -0.3 is 52.8 Å². The summed E-state index contributed by atoms with van der Waals surface area (Å²) in [7, 11) is 0. The molecule has 0 amide bonds. The fourth-order valence-electron chi connectivity index (χ4n) is 4.67. The third kappa shape index (κ3) is 15.3. The Morgan fingerprint density at radius 1 is 0.644 bits per heavy atom. The SMILES string of the molecule is C=CC1CCC(OC(=O)OCCOC(=O)OC(C)COCC(C)OC(=O)OCCOC(=O)OC2CC(C=C)CCC2O)C(O)C1. The van der Waals surface area contributed by atoms with Crippen LogP contribution < -0.4 is 0 Å². The molecule has 0 radical (unpaired) electrons. The first-order valence-corrected chi connectivity index (χ1v) is 15.0. The van der Waals surface area contributed by atoms with Crippen LogP contribution in [0.4, 0.5) is 19.2 Å². The molecule has 256 valence electrons. The molecular weight excluding hydrogens is 600 g/mol. The topological polar surface area (TPSA) is 192 Å². The Labute approximate surface area is 262 Å². The molecule has 8 unspecified atom stereocenters. The smallest absolute Gasteiger partial charge is 0.431 e. The second-order valence-electron chi connectivity index (χ2n) is 10.9. The molecule has 2 rings (SSSR count). The van der Waals surface area contributed by atoms with Crippen LogP contribution in [-0.4, -0.2) is 111 Å². The summed E-state index contributed by atoms with van der Waals surface area (Å²) in [6.45, 7) is 9.39. The highest BCUT2D eigenvalue weighted by Crippen LogP contribution is 2.28. The lowest BCUT2D eigenvalue weighted by Crippen LogP contribution is -2.37. The molecule has 0 aromatic carbocycles. The lowest BCUT2D eigenvalue weighted by atomic mass is 9.85. The molecule has 0 aromatic rings. The zero-order chi connectivity index (χ0) is 33.2. The lowest BCUT2D eigenvalue weighted by molar-refractivity contribution is -0.0633. The average molecular weight is 647 g/mol. The number of allylic oxidation sites excluding steroid dienone is 2. The van der Waals surface area contributed by atoms with Crippen LogP contribution in [-0.2, 0) is 42.6 Å². The first-order chi connectivity index (χ1) is 21.5. The van der Waals surface area contributed by atoms with E-state index in [-0.39, 0.29) is 51.5 Å². The monoisotopic (exact) mass is 646 g/mol. The van der Waals surface area contributed by atoms with Crippen molar-refractivity contribution in [2.45, 2.75) is 89.0 Å². The molecule has 2 fully saturated rings. The molecule has 2 aliphatic carbocycles. The quantitative estimate of drug-likeness (QED) is 0.106. The van der Waals surface area contributed by atoms with Crippen LogP contribution in [0.1, 0.15) is 52.4 Å². The van der Waals surface area contributed by atoms with Crippen molar-refractivity contribution in [2.75, 3.05) is 39.6 Å². The fourth-order valence-corrected chi connectivity index (χ4v) is 4.67. The van der Waals surface area contributed by atoms with Crippen molar-refractivity contribution in [3.05, 3.63) is 25.3 Å². The van der Waals surface area contributed by atoms with E-state index < -0.39 is 61.2 Å². The van der Waals surface area contributed by atoms with E-state index >= 15 is 0 Å². The highest BCUT2D eigenvalue weighted by molar-refractivity contribution is 5.61. The van der Waals surface area contributed by atoms with E-state index in [0.29, 0.717) is 25.7 Å². The van der Waals surface area contributed by atoms with E-state index in [2.05, 4.69) is 13.2 Å². The van der Waals surface area contributed by atoms with E-state index in [1.54, 1.807) is 26.0 Å². The molecule has 15 nitrogen and oxygen atoms in total. The lowest BCUT2D eigenvalue weighted by Gasteiger charge is -2.30. The first-order valence-electron chi connectivity index (χ1n) is 15.0. The van der Waals surface area contributed by atoms with Gasteiger partial charge in [-0.1, -0.05) is 12.2 Å². The van der Waals surface area contributed by atoms with Crippen LogP contribution in [0.5, 0.6) is 0 Å². The maximum Gasteiger partial charge on any atom is 0.508 e. The third-order valence-electron chi connectivity index (χ3n) is 7.10. The highest BCUT2D eigenvalue weighted by Gasteiger charge is 2.32. The van der Waals surface area contributed by atoms with Gasteiger partial charge in [0.05, 0.1) is 25.4 Å². The van der Waals surface area contributed by atoms with E-state index in [9.17, 15) is 29.4 Å². The summed E-state index contributed by atoms with van der Waals surface area (Å²) in [6, 6.07) is 0. The number of aliphatic hydroxyl groups is 2. The largest absolute Gasteiger partial charge is 0.508 e. The van der Waals surface area contributed by atoms with Gasteiger partial charge in [-0.2, -0.15) is 0 Å². The van der Waals surface area contributed by atoms with Gasteiger partial charge in [0, 0.05) is 0 Å². The normalized spacial score (nSPS) is 25.8. The highest BCUT2D eigenvalue weighted by atomic mass is 16.8. The molecule has 2 saturated carbocycles. The fraction of sp³-hybridized carbons (Fsp3) is 0.733. The van der Waals surface area contributed by atoms with Crippen molar-refractivity contribution in [3.8, 4) is 0 Å². The molecular formula is C30H46O15. The van der Waals surface area contributed by atoms with Crippen molar-refractivity contribution < 1.29 is 72.0 Å². The van der Waals surface area contributed by atoms with Gasteiger partial charge in [-0.25, -0.2) is 19.2 Å². The van der Waals surface area contributed by atoms with E-state index in [1.807, 2.05) is 0 Å². The van der Waals surface area contributed by atoms with Gasteiger partial charge in [0.2, 0.25) is 0 Å². The minimum Gasteiger partial charge on any atom is -0.431 e. The first kappa shape index (κ1) is 37.6.